The summed E-state index contributed by atoms with van der Waals surface area (Å²) < 4.78 is 30.0. The number of hydrogen-bond acceptors (Lipinski definition) is 14. The first-order valence-electron chi connectivity index (χ1n) is 21.2. The second kappa shape index (κ2) is 20.8. The molecule has 5 N–H and O–H groups in total. The lowest BCUT2D eigenvalue weighted by Gasteiger charge is -2.38. The number of benzene rings is 2. The molecule has 3 heterocycles. The summed E-state index contributed by atoms with van der Waals surface area (Å²) in [6.07, 6.45) is 4.27. The van der Waals surface area contributed by atoms with Crippen molar-refractivity contribution in [3.05, 3.63) is 53.3 Å². The van der Waals surface area contributed by atoms with E-state index in [-0.39, 0.29) is 44.7 Å². The van der Waals surface area contributed by atoms with Gasteiger partial charge in [-0.3, -0.25) is 24.2 Å². The number of ether oxygens (including phenoxy) is 5. The summed E-state index contributed by atoms with van der Waals surface area (Å²) in [5, 5.41) is 52.2. The predicted octanol–water partition coefficient (Wildman–Crippen LogP) is 5.92. The SMILES string of the molecule is CCCN(C(=O)COc1cc2c(O)c3c(O)c(C)c4c(c13)C(=O)[C@@](C)(O/C=C/[C@H](OC)[C@H](C)[C@@H](OC(C)=O)[C@@H](C)[C@H](O)[C@H](C)[C@@H](O)[C@@H](C)/C=C/C=C(/C)C(=O)N2)O4)N(CC)CC. The predicted molar refractivity (Wildman–Crippen MR) is 233 cm³/mol. The van der Waals surface area contributed by atoms with Crippen molar-refractivity contribution >= 4 is 40.0 Å². The number of fused-ring (bicyclic) bond motifs is 14. The van der Waals surface area contributed by atoms with Crippen LogP contribution in [-0.2, 0) is 28.6 Å². The molecule has 16 heteroatoms. The van der Waals surface area contributed by atoms with E-state index in [1.165, 1.54) is 59.3 Å². The molecule has 0 saturated heterocycles. The van der Waals surface area contributed by atoms with Crippen molar-refractivity contribution in [2.45, 2.75) is 113 Å². The maximum Gasteiger partial charge on any atom is 0.312 e. The molecule has 0 fully saturated rings. The molecule has 16 nitrogen and oxygen atoms in total. The first-order chi connectivity index (χ1) is 29.2. The van der Waals surface area contributed by atoms with Gasteiger partial charge in [0.2, 0.25) is 0 Å². The average Bonchev–Trinajstić information content (AvgIpc) is 3.50. The zero-order valence-electron chi connectivity index (χ0n) is 38.0. The van der Waals surface area contributed by atoms with Crippen LogP contribution in [0.4, 0.5) is 5.69 Å². The highest BCUT2D eigenvalue weighted by molar-refractivity contribution is 6.21. The number of carbonyl (C=O) groups is 4. The van der Waals surface area contributed by atoms with Crippen molar-refractivity contribution in [2.24, 2.45) is 23.7 Å². The molecule has 9 atom stereocenters. The molecule has 62 heavy (non-hydrogen) atoms. The number of rotatable bonds is 10. The number of ketones is 1. The van der Waals surface area contributed by atoms with Crippen molar-refractivity contribution in [2.75, 3.05) is 38.7 Å². The van der Waals surface area contributed by atoms with Gasteiger partial charge >= 0.3 is 11.8 Å². The Balaban J connectivity index is 1.94. The summed E-state index contributed by atoms with van der Waals surface area (Å²) in [4.78, 5) is 54.4. The van der Waals surface area contributed by atoms with E-state index in [0.29, 0.717) is 26.1 Å². The number of hydrogen-bond donors (Lipinski definition) is 5. The van der Waals surface area contributed by atoms with Gasteiger partial charge in [-0.05, 0) is 26.3 Å². The number of aliphatic hydroxyl groups is 2. The number of phenolic OH excluding ortho intramolecular Hbond substituents is 2. The van der Waals surface area contributed by atoms with E-state index in [9.17, 15) is 39.6 Å². The highest BCUT2D eigenvalue weighted by atomic mass is 16.7. The normalized spacial score (nSPS) is 29.0. The van der Waals surface area contributed by atoms with E-state index in [4.69, 9.17) is 23.7 Å². The lowest BCUT2D eigenvalue weighted by Crippen LogP contribution is -2.48. The van der Waals surface area contributed by atoms with Crippen LogP contribution in [0.15, 0.2) is 42.2 Å². The number of phenols is 2. The van der Waals surface area contributed by atoms with E-state index in [1.807, 2.05) is 25.8 Å². The summed E-state index contributed by atoms with van der Waals surface area (Å²) in [6.45, 7) is 19.4. The van der Waals surface area contributed by atoms with Crippen LogP contribution in [0.5, 0.6) is 23.0 Å². The average molecular weight is 868 g/mol. The number of hydrazine groups is 1. The van der Waals surface area contributed by atoms with Crippen LogP contribution < -0.4 is 14.8 Å². The molecule has 0 saturated carbocycles. The summed E-state index contributed by atoms with van der Waals surface area (Å²) in [5.41, 5.74) is -0.0197. The molecule has 2 aromatic carbocycles. The van der Waals surface area contributed by atoms with Crippen molar-refractivity contribution in [1.82, 2.24) is 10.0 Å². The molecule has 3 aliphatic heterocycles. The van der Waals surface area contributed by atoms with E-state index in [1.54, 1.807) is 44.9 Å². The van der Waals surface area contributed by atoms with Crippen LogP contribution >= 0.6 is 0 Å². The molecule has 5 bridgehead atoms. The van der Waals surface area contributed by atoms with Gasteiger partial charge < -0.3 is 49.4 Å². The maximum atomic E-state index is 14.6. The number of esters is 1. The molecule has 342 valence electrons. The monoisotopic (exact) mass is 867 g/mol. The minimum Gasteiger partial charge on any atom is -0.507 e. The number of anilines is 1. The molecule has 0 aromatic heterocycles. The van der Waals surface area contributed by atoms with Crippen LogP contribution in [0.3, 0.4) is 0 Å². The highest BCUT2D eigenvalue weighted by Gasteiger charge is 2.50. The number of allylic oxidation sites excluding steroid dienone is 2. The number of nitrogens with zero attached hydrogens (tertiary/aromatic N) is 2. The van der Waals surface area contributed by atoms with Gasteiger partial charge in [0, 0.05) is 86.9 Å². The molecule has 2 amide bonds. The number of methoxy groups -OCH3 is 1. The van der Waals surface area contributed by atoms with E-state index in [2.05, 4.69) is 5.32 Å². The van der Waals surface area contributed by atoms with Gasteiger partial charge in [-0.2, -0.15) is 0 Å². The third-order valence-corrected chi connectivity index (χ3v) is 12.0. The van der Waals surface area contributed by atoms with Crippen molar-refractivity contribution in [1.29, 1.82) is 0 Å². The van der Waals surface area contributed by atoms with Crippen molar-refractivity contribution < 1.29 is 63.3 Å². The molecular weight excluding hydrogens is 803 g/mol. The highest BCUT2D eigenvalue weighted by Crippen LogP contribution is 2.54. The van der Waals surface area contributed by atoms with E-state index in [0.717, 1.165) is 0 Å². The van der Waals surface area contributed by atoms with Gasteiger partial charge in [0.05, 0.1) is 41.2 Å². The molecule has 3 aliphatic rings. The third-order valence-electron chi connectivity index (χ3n) is 12.0. The van der Waals surface area contributed by atoms with Crippen LogP contribution in [0.25, 0.3) is 10.8 Å². The summed E-state index contributed by atoms with van der Waals surface area (Å²) >= 11 is 0. The standard InChI is InChI=1S/C46H65N3O13/c1-13-20-49(48(14-2)15-3)34(51)23-59-33-22-31-41(55)36-35(33)37-43(29(9)40(36)54)62-46(11,44(37)56)60-21-19-32(58-12)26(6)42(61-30(10)50)28(8)39(53)27(7)38(52)24(4)17-16-18-25(5)45(57)47-31/h16-19,21-22,24,26-28,32,38-39,42,52-55H,13-15,20,23H2,1-12H3,(H,47,57)/b17-16+,21-19+,25-18-/t24-,26-,27+,28-,32-,38-,39+,42+,46-/m0/s1. The quantitative estimate of drug-likeness (QED) is 0.107. The Morgan fingerprint density at radius 3 is 2.19 bits per heavy atom. The van der Waals surface area contributed by atoms with Crippen LogP contribution in [0.1, 0.15) is 91.6 Å². The Morgan fingerprint density at radius 1 is 0.935 bits per heavy atom. The zero-order valence-corrected chi connectivity index (χ0v) is 38.0. The minimum absolute atomic E-state index is 0.0602. The maximum absolute atomic E-state index is 14.6. The fourth-order valence-corrected chi connectivity index (χ4v) is 8.16. The summed E-state index contributed by atoms with van der Waals surface area (Å²) in [7, 11) is 1.44. The number of Topliss-reactive ketones (excluding diaryl/α,β-unsaturated/α-hetero) is 1. The molecule has 5 rings (SSSR count). The molecular formula is C46H65N3O13. The Bertz CT molecular complexity index is 2080. The lowest BCUT2D eigenvalue weighted by molar-refractivity contribution is -0.160. The van der Waals surface area contributed by atoms with E-state index >= 15 is 0 Å². The Labute approximate surface area is 364 Å². The summed E-state index contributed by atoms with van der Waals surface area (Å²) in [6, 6.07) is 1.28. The van der Waals surface area contributed by atoms with Gasteiger partial charge in [0.15, 0.2) is 12.4 Å². The van der Waals surface area contributed by atoms with Crippen molar-refractivity contribution in [3.63, 3.8) is 0 Å². The van der Waals surface area contributed by atoms with Crippen LogP contribution in [0, 0.1) is 30.6 Å². The number of amides is 2. The van der Waals surface area contributed by atoms with Gasteiger partial charge in [0.25, 0.3) is 17.6 Å². The number of aromatic hydroxyl groups is 2. The van der Waals surface area contributed by atoms with Crippen LogP contribution in [-0.4, -0.2) is 118 Å². The Hall–Kier alpha value is -5.16. The third kappa shape index (κ3) is 10.2. The fourth-order valence-electron chi connectivity index (χ4n) is 8.16. The molecule has 0 radical (unpaired) electrons. The van der Waals surface area contributed by atoms with Crippen LogP contribution in [0.2, 0.25) is 0 Å². The smallest absolute Gasteiger partial charge is 0.312 e. The van der Waals surface area contributed by atoms with Crippen molar-refractivity contribution in [3.8, 4) is 23.0 Å². The topological polar surface area (TPSA) is 214 Å². The summed E-state index contributed by atoms with van der Waals surface area (Å²) in [5.74, 6) is -8.09. The number of nitrogens with one attached hydrogen (secondary N) is 1. The Morgan fingerprint density at radius 2 is 1.60 bits per heavy atom. The molecule has 0 unspecified atom stereocenters. The molecule has 0 aliphatic carbocycles. The van der Waals surface area contributed by atoms with Gasteiger partial charge in [0.1, 0.15) is 23.4 Å². The second-order valence-corrected chi connectivity index (χ2v) is 16.3. The minimum atomic E-state index is -2.04. The second-order valence-electron chi connectivity index (χ2n) is 16.3. The lowest BCUT2D eigenvalue weighted by atomic mass is 9.78. The van der Waals surface area contributed by atoms with Gasteiger partial charge in [-0.25, -0.2) is 5.01 Å². The van der Waals surface area contributed by atoms with Gasteiger partial charge in [-0.15, -0.1) is 0 Å². The fraction of sp³-hybridized carbons (Fsp3) is 0.565. The number of carbonyl (C=O) groups excluding carboxylic acids is 4. The zero-order chi connectivity index (χ0) is 46.4. The Kier molecular flexibility index (Phi) is 16.6. The number of aliphatic hydroxyl groups excluding tert-OH is 2. The largest absolute Gasteiger partial charge is 0.507 e. The molecule has 0 spiro atoms. The van der Waals surface area contributed by atoms with Gasteiger partial charge in [-0.1, -0.05) is 66.7 Å². The first-order valence-corrected chi connectivity index (χ1v) is 21.2. The molecule has 2 aromatic rings. The van der Waals surface area contributed by atoms with E-state index < -0.39 is 95.5 Å². The first kappa shape index (κ1) is 49.5.